The minimum Gasteiger partial charge on any atom is -0.334 e. The Morgan fingerprint density at radius 3 is 1.66 bits per heavy atom. The van der Waals surface area contributed by atoms with Crippen molar-refractivity contribution in [3.05, 3.63) is 198 Å². The summed E-state index contributed by atoms with van der Waals surface area (Å²) in [6.07, 6.45) is 3.11. The number of rotatable bonds is 5. The summed E-state index contributed by atoms with van der Waals surface area (Å²) >= 11 is 0. The van der Waals surface area contributed by atoms with E-state index in [1.165, 1.54) is 66.8 Å². The van der Waals surface area contributed by atoms with E-state index in [0.29, 0.717) is 0 Å². The van der Waals surface area contributed by atoms with Crippen molar-refractivity contribution in [3.63, 3.8) is 0 Å². The molecule has 336 valence electrons. The first kappa shape index (κ1) is 42.5. The van der Waals surface area contributed by atoms with Crippen LogP contribution in [0.4, 0.5) is 49.9 Å². The topological polar surface area (TPSA) is 9.72 Å². The van der Waals surface area contributed by atoms with Crippen LogP contribution >= 0.6 is 0 Å². The molecule has 0 N–H and O–H groups in total. The SMILES string of the molecule is CC(C)(C)c1cccc(N2c3cc(C(C)(C)C)ccc3B3c4ccc(-c5ccccc5)cc4N(c4cccc(-c5ccccc5)c4)c4cc(N5c6ccc(F)cc6C6(C)CCCC56C)cc2c43)c1. The van der Waals surface area contributed by atoms with Crippen LogP contribution in [-0.4, -0.2) is 12.3 Å². The maximum Gasteiger partial charge on any atom is 0.252 e. The van der Waals surface area contributed by atoms with E-state index in [1.807, 2.05) is 12.1 Å². The standard InChI is InChI=1S/C63H59BFN3/c1-60(2,3)45-23-16-25-49(36-45)67-56-37-46(61(4,5)6)27-30-53(56)64-52-29-26-44(42-20-13-10-14-21-42)35-55(52)66(48-24-15-22-43(34-48)41-18-11-9-12-19-41)57-39-50(40-58(67)59(57)64)68-54-31-28-47(65)38-51(54)62(7)32-17-33-63(62,68)8/h9-16,18-31,34-40H,17,32-33H2,1-8H3. The van der Waals surface area contributed by atoms with E-state index in [2.05, 4.69) is 228 Å². The van der Waals surface area contributed by atoms with Crippen LogP contribution in [0.3, 0.4) is 0 Å². The highest BCUT2D eigenvalue weighted by molar-refractivity contribution is 7.00. The molecule has 0 aromatic heterocycles. The quantitative estimate of drug-likeness (QED) is 0.159. The van der Waals surface area contributed by atoms with E-state index in [0.717, 1.165) is 53.3 Å². The molecule has 0 amide bonds. The van der Waals surface area contributed by atoms with Crippen LogP contribution in [0, 0.1) is 5.82 Å². The number of hydrogen-bond donors (Lipinski definition) is 0. The molecule has 3 heterocycles. The molecule has 0 spiro atoms. The van der Waals surface area contributed by atoms with Crippen molar-refractivity contribution in [3.8, 4) is 22.3 Å². The Morgan fingerprint density at radius 1 is 0.456 bits per heavy atom. The molecule has 12 rings (SSSR count). The van der Waals surface area contributed by atoms with Crippen LogP contribution in [0.15, 0.2) is 176 Å². The number of nitrogens with zero attached hydrogens (tertiary/aromatic N) is 3. The highest BCUT2D eigenvalue weighted by Gasteiger charge is 2.60. The molecule has 1 saturated carbocycles. The van der Waals surface area contributed by atoms with Gasteiger partial charge in [0.05, 0.1) is 5.54 Å². The zero-order chi connectivity index (χ0) is 46.9. The van der Waals surface area contributed by atoms with E-state index in [-0.39, 0.29) is 34.3 Å². The molecule has 4 aliphatic rings. The molecule has 0 saturated heterocycles. The number of halogens is 1. The lowest BCUT2D eigenvalue weighted by Crippen LogP contribution is -2.61. The first-order valence-corrected chi connectivity index (χ1v) is 24.6. The van der Waals surface area contributed by atoms with Gasteiger partial charge in [0.2, 0.25) is 0 Å². The fraction of sp³-hybridized carbons (Fsp3) is 0.238. The summed E-state index contributed by atoms with van der Waals surface area (Å²) in [5.74, 6) is -0.170. The molecule has 8 aromatic carbocycles. The lowest BCUT2D eigenvalue weighted by molar-refractivity contribution is 0.330. The fourth-order valence-corrected chi connectivity index (χ4v) is 12.5. The van der Waals surface area contributed by atoms with E-state index >= 15 is 4.39 Å². The van der Waals surface area contributed by atoms with E-state index in [4.69, 9.17) is 0 Å². The molecule has 0 bridgehead atoms. The molecular weight excluding hydrogens is 829 g/mol. The van der Waals surface area contributed by atoms with Gasteiger partial charge in [0.15, 0.2) is 0 Å². The largest absolute Gasteiger partial charge is 0.334 e. The van der Waals surface area contributed by atoms with Crippen molar-refractivity contribution in [2.75, 3.05) is 14.7 Å². The highest BCUT2D eigenvalue weighted by atomic mass is 19.1. The first-order chi connectivity index (χ1) is 32.6. The van der Waals surface area contributed by atoms with Gasteiger partial charge >= 0.3 is 0 Å². The van der Waals surface area contributed by atoms with Gasteiger partial charge in [-0.3, -0.25) is 0 Å². The van der Waals surface area contributed by atoms with Crippen LogP contribution in [0.25, 0.3) is 22.3 Å². The van der Waals surface area contributed by atoms with Crippen molar-refractivity contribution in [1.82, 2.24) is 0 Å². The van der Waals surface area contributed by atoms with Crippen LogP contribution < -0.4 is 31.1 Å². The average Bonchev–Trinajstić information content (AvgIpc) is 3.74. The predicted octanol–water partition coefficient (Wildman–Crippen LogP) is 15.2. The van der Waals surface area contributed by atoms with Gasteiger partial charge in [-0.1, -0.05) is 164 Å². The van der Waals surface area contributed by atoms with Gasteiger partial charge in [-0.25, -0.2) is 4.39 Å². The summed E-state index contributed by atoms with van der Waals surface area (Å²) in [6, 6.07) is 64.8. The summed E-state index contributed by atoms with van der Waals surface area (Å²) in [7, 11) is 0. The Hall–Kier alpha value is -6.85. The lowest BCUT2D eigenvalue weighted by atomic mass is 9.33. The normalized spacial score (nSPS) is 19.1. The fourth-order valence-electron chi connectivity index (χ4n) is 12.5. The van der Waals surface area contributed by atoms with Crippen LogP contribution in [0.2, 0.25) is 0 Å². The second-order valence-corrected chi connectivity index (χ2v) is 22.3. The van der Waals surface area contributed by atoms with Gasteiger partial charge in [0.25, 0.3) is 6.71 Å². The number of fused-ring (bicyclic) bond motifs is 7. The van der Waals surface area contributed by atoms with Gasteiger partial charge in [0, 0.05) is 50.9 Å². The van der Waals surface area contributed by atoms with Crippen molar-refractivity contribution < 1.29 is 4.39 Å². The van der Waals surface area contributed by atoms with Crippen molar-refractivity contribution in [2.45, 2.75) is 96.4 Å². The van der Waals surface area contributed by atoms with Gasteiger partial charge in [-0.05, 0) is 153 Å². The number of anilines is 8. The third-order valence-corrected chi connectivity index (χ3v) is 16.3. The van der Waals surface area contributed by atoms with Crippen molar-refractivity contribution in [1.29, 1.82) is 0 Å². The molecular formula is C63H59BFN3. The maximum absolute atomic E-state index is 15.5. The Balaban J connectivity index is 1.22. The Labute approximate surface area is 403 Å². The number of benzene rings is 8. The average molecular weight is 888 g/mol. The first-order valence-electron chi connectivity index (χ1n) is 24.6. The third-order valence-electron chi connectivity index (χ3n) is 16.3. The summed E-state index contributed by atoms with van der Waals surface area (Å²) in [5.41, 5.74) is 20.8. The van der Waals surface area contributed by atoms with Crippen LogP contribution in [0.1, 0.15) is 91.3 Å². The summed E-state index contributed by atoms with van der Waals surface area (Å²) < 4.78 is 15.5. The van der Waals surface area contributed by atoms with Gasteiger partial charge < -0.3 is 14.7 Å². The van der Waals surface area contributed by atoms with E-state index in [9.17, 15) is 0 Å². The lowest BCUT2D eigenvalue weighted by Gasteiger charge is -2.47. The minimum atomic E-state index is -0.280. The van der Waals surface area contributed by atoms with Crippen molar-refractivity contribution >= 4 is 68.6 Å². The van der Waals surface area contributed by atoms with Gasteiger partial charge in [-0.15, -0.1) is 0 Å². The molecule has 1 aliphatic carbocycles. The monoisotopic (exact) mass is 887 g/mol. The molecule has 0 radical (unpaired) electrons. The summed E-state index contributed by atoms with van der Waals surface area (Å²) in [6.45, 7) is 18.6. The molecule has 68 heavy (non-hydrogen) atoms. The van der Waals surface area contributed by atoms with Crippen LogP contribution in [-0.2, 0) is 16.2 Å². The second-order valence-electron chi connectivity index (χ2n) is 22.3. The highest BCUT2D eigenvalue weighted by Crippen LogP contribution is 2.63. The van der Waals surface area contributed by atoms with E-state index < -0.39 is 0 Å². The van der Waals surface area contributed by atoms with Gasteiger partial charge in [-0.2, -0.15) is 0 Å². The van der Waals surface area contributed by atoms with Crippen LogP contribution in [0.5, 0.6) is 0 Å². The Morgan fingerprint density at radius 2 is 1.01 bits per heavy atom. The van der Waals surface area contributed by atoms with E-state index in [1.54, 1.807) is 6.07 Å². The molecule has 2 atom stereocenters. The molecule has 1 fully saturated rings. The molecule has 3 aliphatic heterocycles. The predicted molar refractivity (Wildman–Crippen MR) is 287 cm³/mol. The smallest absolute Gasteiger partial charge is 0.252 e. The number of hydrogen-bond acceptors (Lipinski definition) is 3. The second kappa shape index (κ2) is 15.1. The molecule has 5 heteroatoms. The molecule has 8 aromatic rings. The molecule has 3 nitrogen and oxygen atoms in total. The summed E-state index contributed by atoms with van der Waals surface area (Å²) in [4.78, 5) is 7.75. The molecule has 2 unspecified atom stereocenters. The third kappa shape index (κ3) is 6.37. The minimum absolute atomic E-state index is 0.0548. The zero-order valence-corrected chi connectivity index (χ0v) is 40.7. The van der Waals surface area contributed by atoms with Crippen molar-refractivity contribution in [2.24, 2.45) is 0 Å². The zero-order valence-electron chi connectivity index (χ0n) is 40.7. The Bertz CT molecular complexity index is 3310. The van der Waals surface area contributed by atoms with Gasteiger partial charge in [0.1, 0.15) is 5.82 Å². The maximum atomic E-state index is 15.5. The Kier molecular flexibility index (Phi) is 9.43. The summed E-state index contributed by atoms with van der Waals surface area (Å²) in [5, 5.41) is 0.